The van der Waals surface area contributed by atoms with Gasteiger partial charge in [-0.15, -0.1) is 0 Å². The molecule has 0 aliphatic heterocycles. The first-order chi connectivity index (χ1) is 12.4. The van der Waals surface area contributed by atoms with Gasteiger partial charge in [0.2, 0.25) is 0 Å². The molecule has 5 heteroatoms. The highest BCUT2D eigenvalue weighted by Crippen LogP contribution is 2.41. The summed E-state index contributed by atoms with van der Waals surface area (Å²) >= 11 is 0. The summed E-state index contributed by atoms with van der Waals surface area (Å²) in [6, 6.07) is 6.05. The van der Waals surface area contributed by atoms with Crippen molar-refractivity contribution >= 4 is 12.0 Å². The third-order valence-electron chi connectivity index (χ3n) is 5.03. The van der Waals surface area contributed by atoms with Gasteiger partial charge in [0.05, 0.1) is 5.92 Å². The van der Waals surface area contributed by atoms with Gasteiger partial charge in [-0.25, -0.2) is 4.79 Å². The number of carboxylic acid groups (broad SMARTS) is 1. The van der Waals surface area contributed by atoms with Crippen LogP contribution in [-0.4, -0.2) is 17.2 Å². The lowest BCUT2D eigenvalue weighted by Crippen LogP contribution is -2.37. The summed E-state index contributed by atoms with van der Waals surface area (Å²) in [6.07, 6.45) is 6.59. The molecule has 2 unspecified atom stereocenters. The van der Waals surface area contributed by atoms with Crippen LogP contribution in [0.4, 0.5) is 8.78 Å². The number of halogens is 2. The van der Waals surface area contributed by atoms with Crippen molar-refractivity contribution in [3.8, 4) is 5.75 Å². The van der Waals surface area contributed by atoms with Crippen molar-refractivity contribution in [2.24, 2.45) is 11.8 Å². The van der Waals surface area contributed by atoms with E-state index < -0.39 is 18.0 Å². The van der Waals surface area contributed by atoms with Crippen LogP contribution in [0.1, 0.15) is 63.9 Å². The average molecular weight is 366 g/mol. The zero-order valence-corrected chi connectivity index (χ0v) is 15.3. The second kappa shape index (κ2) is 9.70. The molecule has 0 heterocycles. The molecular weight excluding hydrogens is 338 g/mol. The second-order valence-electron chi connectivity index (χ2n) is 7.13. The molecule has 3 nitrogen and oxygen atoms in total. The number of hydrogen-bond donors (Lipinski definition) is 1. The highest BCUT2D eigenvalue weighted by Gasteiger charge is 2.44. The maximum absolute atomic E-state index is 14.6. The Morgan fingerprint density at radius 3 is 2.65 bits per heavy atom. The molecule has 1 aliphatic carbocycles. The quantitative estimate of drug-likeness (QED) is 0.421. The Balaban J connectivity index is 1.93. The molecule has 0 radical (unpaired) electrons. The molecule has 0 bridgehead atoms. The van der Waals surface area contributed by atoms with Gasteiger partial charge in [0.15, 0.2) is 0 Å². The lowest BCUT2D eigenvalue weighted by molar-refractivity contribution is -0.225. The summed E-state index contributed by atoms with van der Waals surface area (Å²) in [5, 5.41) is 8.61. The van der Waals surface area contributed by atoms with E-state index in [1.807, 2.05) is 0 Å². The molecular formula is C21H28F2O3. The summed E-state index contributed by atoms with van der Waals surface area (Å²) in [5.41, 5.74) is 0.622. The van der Waals surface area contributed by atoms with E-state index in [0.717, 1.165) is 44.6 Å². The lowest BCUT2D eigenvalue weighted by Gasteiger charge is -2.34. The van der Waals surface area contributed by atoms with Gasteiger partial charge in [0, 0.05) is 6.08 Å². The fourth-order valence-electron chi connectivity index (χ4n) is 3.60. The van der Waals surface area contributed by atoms with Crippen LogP contribution >= 0.6 is 0 Å². The zero-order chi connectivity index (χ0) is 19.0. The number of rotatable bonds is 9. The van der Waals surface area contributed by atoms with Crippen LogP contribution in [0.3, 0.4) is 0 Å². The second-order valence-corrected chi connectivity index (χ2v) is 7.13. The predicted octanol–water partition coefficient (Wildman–Crippen LogP) is 6.14. The Bertz CT molecular complexity index is 596. The van der Waals surface area contributed by atoms with Crippen LogP contribution in [0.5, 0.6) is 5.75 Å². The molecule has 0 aromatic heterocycles. The van der Waals surface area contributed by atoms with Crippen LogP contribution < -0.4 is 4.74 Å². The fraction of sp³-hybridized carbons (Fsp3) is 0.571. The van der Waals surface area contributed by atoms with E-state index in [1.165, 1.54) is 18.2 Å². The van der Waals surface area contributed by atoms with E-state index in [-0.39, 0.29) is 5.75 Å². The number of benzene rings is 1. The van der Waals surface area contributed by atoms with Gasteiger partial charge in [-0.3, -0.25) is 0 Å². The summed E-state index contributed by atoms with van der Waals surface area (Å²) in [5.74, 6) is -1.31. The fourth-order valence-corrected chi connectivity index (χ4v) is 3.60. The molecule has 2 rings (SSSR count). The van der Waals surface area contributed by atoms with Crippen molar-refractivity contribution in [1.82, 2.24) is 0 Å². The molecule has 1 aromatic rings. The third-order valence-corrected chi connectivity index (χ3v) is 5.03. The van der Waals surface area contributed by atoms with Crippen LogP contribution in [0.2, 0.25) is 0 Å². The van der Waals surface area contributed by atoms with Gasteiger partial charge in [-0.1, -0.05) is 57.6 Å². The number of hydrogen-bond acceptors (Lipinski definition) is 2. The van der Waals surface area contributed by atoms with Crippen LogP contribution in [0, 0.1) is 11.8 Å². The molecule has 1 N–H and O–H groups in total. The number of ether oxygens (including phenoxy) is 1. The largest absolute Gasteiger partial charge is 0.478 e. The minimum absolute atomic E-state index is 0.107. The minimum atomic E-state index is -3.18. The van der Waals surface area contributed by atoms with Crippen molar-refractivity contribution in [3.63, 3.8) is 0 Å². The normalized spacial score (nSPS) is 21.0. The smallest absolute Gasteiger partial charge is 0.400 e. The zero-order valence-electron chi connectivity index (χ0n) is 15.3. The van der Waals surface area contributed by atoms with Gasteiger partial charge < -0.3 is 9.84 Å². The van der Waals surface area contributed by atoms with Crippen molar-refractivity contribution in [2.75, 3.05) is 0 Å². The van der Waals surface area contributed by atoms with Gasteiger partial charge in [0.25, 0.3) is 0 Å². The first kappa shape index (κ1) is 20.4. The summed E-state index contributed by atoms with van der Waals surface area (Å²) in [4.78, 5) is 10.5. The average Bonchev–Trinajstić information content (AvgIpc) is 2.61. The Morgan fingerprint density at radius 1 is 1.27 bits per heavy atom. The van der Waals surface area contributed by atoms with E-state index in [1.54, 1.807) is 12.1 Å². The first-order valence-corrected chi connectivity index (χ1v) is 9.48. The summed E-state index contributed by atoms with van der Waals surface area (Å²) in [7, 11) is 0. The van der Waals surface area contributed by atoms with Crippen LogP contribution in [0.25, 0.3) is 6.08 Å². The maximum Gasteiger partial charge on any atom is 0.400 e. The van der Waals surface area contributed by atoms with E-state index in [9.17, 15) is 13.6 Å². The minimum Gasteiger partial charge on any atom is -0.478 e. The number of aliphatic carboxylic acids is 1. The Kier molecular flexibility index (Phi) is 7.61. The highest BCUT2D eigenvalue weighted by atomic mass is 19.3. The number of carbonyl (C=O) groups is 1. The van der Waals surface area contributed by atoms with E-state index in [4.69, 9.17) is 9.84 Å². The number of unbranched alkanes of at least 4 members (excludes halogenated alkanes) is 2. The van der Waals surface area contributed by atoms with Gasteiger partial charge >= 0.3 is 12.1 Å². The van der Waals surface area contributed by atoms with Crippen LogP contribution in [-0.2, 0) is 4.79 Å². The van der Waals surface area contributed by atoms with Crippen molar-refractivity contribution in [1.29, 1.82) is 0 Å². The highest BCUT2D eigenvalue weighted by molar-refractivity contribution is 5.85. The molecule has 144 valence electrons. The van der Waals surface area contributed by atoms with Gasteiger partial charge in [-0.05, 0) is 42.5 Å². The molecule has 1 saturated carbocycles. The van der Waals surface area contributed by atoms with E-state index in [2.05, 4.69) is 6.92 Å². The van der Waals surface area contributed by atoms with Crippen molar-refractivity contribution in [2.45, 2.75) is 64.4 Å². The lowest BCUT2D eigenvalue weighted by atomic mass is 9.78. The SMILES string of the molecule is CCCCCC1CCCC(C(F)(F)Oc2ccc(/C=C/C(=O)O)cc2)C1. The van der Waals surface area contributed by atoms with E-state index >= 15 is 0 Å². The van der Waals surface area contributed by atoms with Crippen molar-refractivity contribution in [3.05, 3.63) is 35.9 Å². The number of carboxylic acids is 1. The Labute approximate surface area is 154 Å². The summed E-state index contributed by atoms with van der Waals surface area (Å²) in [6.45, 7) is 2.15. The topological polar surface area (TPSA) is 46.5 Å². The molecule has 0 amide bonds. The molecule has 1 aromatic carbocycles. The Morgan fingerprint density at radius 2 is 2.00 bits per heavy atom. The standard InChI is InChI=1S/C21H28F2O3/c1-2-3-4-6-17-7-5-8-18(15-17)21(22,23)26-19-12-9-16(10-13-19)11-14-20(24)25/h9-14,17-18H,2-8,15H2,1H3,(H,24,25)/b14-11+. The first-order valence-electron chi connectivity index (χ1n) is 9.48. The maximum atomic E-state index is 14.6. The predicted molar refractivity (Wildman–Crippen MR) is 98.3 cm³/mol. The van der Waals surface area contributed by atoms with Crippen molar-refractivity contribution < 1.29 is 23.4 Å². The van der Waals surface area contributed by atoms with Gasteiger partial charge in [-0.2, -0.15) is 8.78 Å². The summed E-state index contributed by atoms with van der Waals surface area (Å²) < 4.78 is 34.2. The Hall–Kier alpha value is -1.91. The van der Waals surface area contributed by atoms with Gasteiger partial charge in [0.1, 0.15) is 5.75 Å². The number of alkyl halides is 2. The molecule has 1 aliphatic rings. The van der Waals surface area contributed by atoms with Crippen LogP contribution in [0.15, 0.2) is 30.3 Å². The third kappa shape index (κ3) is 6.43. The molecule has 2 atom stereocenters. The van der Waals surface area contributed by atoms with E-state index in [0.29, 0.717) is 24.3 Å². The molecule has 1 fully saturated rings. The monoisotopic (exact) mass is 366 g/mol. The molecule has 0 saturated heterocycles. The molecule has 0 spiro atoms. The molecule has 26 heavy (non-hydrogen) atoms.